The number of ether oxygens (including phenoxy) is 1. The minimum Gasteiger partial charge on any atom is -0.489 e. The fourth-order valence-corrected chi connectivity index (χ4v) is 1.96. The Labute approximate surface area is 123 Å². The van der Waals surface area contributed by atoms with Gasteiger partial charge in [-0.05, 0) is 48.4 Å². The maximum atomic E-state index is 13.6. The molecule has 0 bridgehead atoms. The average molecular weight is 291 g/mol. The molecule has 21 heavy (non-hydrogen) atoms. The molecule has 0 aliphatic rings. The van der Waals surface area contributed by atoms with Crippen LogP contribution >= 0.6 is 0 Å². The Balaban J connectivity index is 1.97. The van der Waals surface area contributed by atoms with Crippen LogP contribution in [0, 0.1) is 11.6 Å². The zero-order valence-electron chi connectivity index (χ0n) is 12.0. The number of nitrogens with one attached hydrogen (secondary N) is 1. The molecule has 0 heterocycles. The second-order valence-corrected chi connectivity index (χ2v) is 4.89. The Hall–Kier alpha value is -1.94. The molecule has 0 spiro atoms. The van der Waals surface area contributed by atoms with Crippen molar-refractivity contribution < 1.29 is 13.5 Å². The molecule has 0 fully saturated rings. The van der Waals surface area contributed by atoms with Gasteiger partial charge < -0.3 is 10.1 Å². The highest BCUT2D eigenvalue weighted by Gasteiger charge is 2.03. The lowest BCUT2D eigenvalue weighted by Gasteiger charge is -2.09. The Bertz CT molecular complexity index is 570. The first-order valence-corrected chi connectivity index (χ1v) is 7.05. The van der Waals surface area contributed by atoms with Gasteiger partial charge in [0.2, 0.25) is 0 Å². The highest BCUT2D eigenvalue weighted by Crippen LogP contribution is 2.18. The molecule has 0 saturated carbocycles. The van der Waals surface area contributed by atoms with Gasteiger partial charge in [-0.25, -0.2) is 8.78 Å². The Morgan fingerprint density at radius 1 is 0.952 bits per heavy atom. The van der Waals surface area contributed by atoms with Gasteiger partial charge in [0.05, 0.1) is 0 Å². The van der Waals surface area contributed by atoms with Crippen LogP contribution in [0.25, 0.3) is 0 Å². The quantitative estimate of drug-likeness (QED) is 0.777. The summed E-state index contributed by atoms with van der Waals surface area (Å²) in [5, 5.41) is 3.22. The minimum atomic E-state index is -0.320. The molecule has 0 aliphatic heterocycles. The largest absolute Gasteiger partial charge is 0.489 e. The summed E-state index contributed by atoms with van der Waals surface area (Å²) >= 11 is 0. The van der Waals surface area contributed by atoms with E-state index in [9.17, 15) is 8.78 Å². The number of hydrogen-bond donors (Lipinski definition) is 1. The van der Waals surface area contributed by atoms with Gasteiger partial charge in [-0.3, -0.25) is 0 Å². The van der Waals surface area contributed by atoms with Crippen molar-refractivity contribution >= 4 is 0 Å². The highest BCUT2D eigenvalue weighted by molar-refractivity contribution is 5.30. The van der Waals surface area contributed by atoms with Gasteiger partial charge in [0.25, 0.3) is 0 Å². The summed E-state index contributed by atoms with van der Waals surface area (Å²) in [6.45, 7) is 3.86. The lowest BCUT2D eigenvalue weighted by Crippen LogP contribution is -2.14. The van der Waals surface area contributed by atoms with Gasteiger partial charge >= 0.3 is 0 Å². The van der Waals surface area contributed by atoms with Crippen molar-refractivity contribution in [1.29, 1.82) is 0 Å². The highest BCUT2D eigenvalue weighted by atomic mass is 19.1. The van der Waals surface area contributed by atoms with E-state index in [0.717, 1.165) is 24.1 Å². The van der Waals surface area contributed by atoms with Gasteiger partial charge in [-0.15, -0.1) is 0 Å². The Morgan fingerprint density at radius 3 is 2.43 bits per heavy atom. The molecule has 0 atom stereocenters. The number of rotatable bonds is 7. The molecule has 0 aromatic heterocycles. The SMILES string of the molecule is CCCNCc1cc(F)cc(OCc2ccc(F)cc2)c1. The van der Waals surface area contributed by atoms with Crippen molar-refractivity contribution in [1.82, 2.24) is 5.32 Å². The van der Waals surface area contributed by atoms with Crippen LogP contribution in [0.15, 0.2) is 42.5 Å². The summed E-state index contributed by atoms with van der Waals surface area (Å²) in [5.41, 5.74) is 1.68. The van der Waals surface area contributed by atoms with Gasteiger partial charge in [0.15, 0.2) is 0 Å². The Morgan fingerprint density at radius 2 is 1.71 bits per heavy atom. The van der Waals surface area contributed by atoms with E-state index in [0.29, 0.717) is 12.3 Å². The smallest absolute Gasteiger partial charge is 0.127 e. The first-order valence-electron chi connectivity index (χ1n) is 7.05. The van der Waals surface area contributed by atoms with Crippen molar-refractivity contribution in [3.05, 3.63) is 65.2 Å². The predicted octanol–water partition coefficient (Wildman–Crippen LogP) is 4.04. The predicted molar refractivity (Wildman–Crippen MR) is 79.1 cm³/mol. The fourth-order valence-electron chi connectivity index (χ4n) is 1.96. The van der Waals surface area contributed by atoms with Crippen molar-refractivity contribution in [3.63, 3.8) is 0 Å². The van der Waals surface area contributed by atoms with Crippen molar-refractivity contribution in [2.75, 3.05) is 6.54 Å². The summed E-state index contributed by atoms with van der Waals surface area (Å²) < 4.78 is 31.9. The van der Waals surface area contributed by atoms with Crippen LogP contribution in [-0.4, -0.2) is 6.54 Å². The first-order chi connectivity index (χ1) is 10.2. The van der Waals surface area contributed by atoms with E-state index >= 15 is 0 Å². The summed E-state index contributed by atoms with van der Waals surface area (Å²) in [6.07, 6.45) is 1.03. The van der Waals surface area contributed by atoms with E-state index in [-0.39, 0.29) is 18.2 Å². The third-order valence-corrected chi connectivity index (χ3v) is 3.01. The summed E-state index contributed by atoms with van der Waals surface area (Å²) in [5.74, 6) is -0.124. The lowest BCUT2D eigenvalue weighted by atomic mass is 10.2. The molecule has 2 aromatic rings. The molecule has 2 aromatic carbocycles. The lowest BCUT2D eigenvalue weighted by molar-refractivity contribution is 0.304. The third-order valence-electron chi connectivity index (χ3n) is 3.01. The first kappa shape index (κ1) is 15.4. The van der Waals surface area contributed by atoms with Crippen LogP contribution < -0.4 is 10.1 Å². The molecule has 0 amide bonds. The van der Waals surface area contributed by atoms with Gasteiger partial charge in [0, 0.05) is 12.6 Å². The standard InChI is InChI=1S/C17H19F2NO/c1-2-7-20-11-14-8-16(19)10-17(9-14)21-12-13-3-5-15(18)6-4-13/h3-6,8-10,20H,2,7,11-12H2,1H3. The number of hydrogen-bond acceptors (Lipinski definition) is 2. The van der Waals surface area contributed by atoms with Crippen molar-refractivity contribution in [2.24, 2.45) is 0 Å². The molecule has 2 rings (SSSR count). The normalized spacial score (nSPS) is 10.6. The van der Waals surface area contributed by atoms with E-state index in [1.165, 1.54) is 24.3 Å². The van der Waals surface area contributed by atoms with Crippen LogP contribution in [0.5, 0.6) is 5.75 Å². The molecule has 1 N–H and O–H groups in total. The maximum Gasteiger partial charge on any atom is 0.127 e. The van der Waals surface area contributed by atoms with E-state index < -0.39 is 0 Å². The van der Waals surface area contributed by atoms with Crippen LogP contribution in [-0.2, 0) is 13.2 Å². The number of benzene rings is 2. The topological polar surface area (TPSA) is 21.3 Å². The molecule has 0 saturated heterocycles. The molecule has 0 radical (unpaired) electrons. The average Bonchev–Trinajstić information content (AvgIpc) is 2.46. The van der Waals surface area contributed by atoms with E-state index in [4.69, 9.17) is 4.74 Å². The zero-order chi connectivity index (χ0) is 15.1. The molecule has 0 aliphatic carbocycles. The summed E-state index contributed by atoms with van der Waals surface area (Å²) in [6, 6.07) is 10.7. The summed E-state index contributed by atoms with van der Waals surface area (Å²) in [4.78, 5) is 0. The van der Waals surface area contributed by atoms with Gasteiger partial charge in [0.1, 0.15) is 24.0 Å². The second-order valence-electron chi connectivity index (χ2n) is 4.89. The zero-order valence-corrected chi connectivity index (χ0v) is 12.0. The van der Waals surface area contributed by atoms with Crippen molar-refractivity contribution in [2.45, 2.75) is 26.5 Å². The summed E-state index contributed by atoms with van der Waals surface area (Å²) in [7, 11) is 0. The van der Waals surface area contributed by atoms with Crippen LogP contribution in [0.4, 0.5) is 8.78 Å². The van der Waals surface area contributed by atoms with Gasteiger partial charge in [-0.2, -0.15) is 0 Å². The van der Waals surface area contributed by atoms with Crippen LogP contribution in [0.1, 0.15) is 24.5 Å². The van der Waals surface area contributed by atoms with Crippen LogP contribution in [0.3, 0.4) is 0 Å². The monoisotopic (exact) mass is 291 g/mol. The van der Waals surface area contributed by atoms with E-state index in [1.54, 1.807) is 12.1 Å². The molecule has 112 valence electrons. The van der Waals surface area contributed by atoms with Gasteiger partial charge in [-0.1, -0.05) is 19.1 Å². The van der Waals surface area contributed by atoms with E-state index in [2.05, 4.69) is 12.2 Å². The third kappa shape index (κ3) is 5.16. The molecule has 0 unspecified atom stereocenters. The fraction of sp³-hybridized carbons (Fsp3) is 0.294. The van der Waals surface area contributed by atoms with Crippen LogP contribution in [0.2, 0.25) is 0 Å². The number of halogens is 2. The second kappa shape index (κ2) is 7.74. The molecule has 2 nitrogen and oxygen atoms in total. The minimum absolute atomic E-state index is 0.283. The van der Waals surface area contributed by atoms with Crippen molar-refractivity contribution in [3.8, 4) is 5.75 Å². The Kier molecular flexibility index (Phi) is 5.69. The maximum absolute atomic E-state index is 13.6. The molecule has 4 heteroatoms. The van der Waals surface area contributed by atoms with E-state index in [1.807, 2.05) is 6.07 Å². The molecular formula is C17H19F2NO. The molecular weight excluding hydrogens is 272 g/mol.